The Kier molecular flexibility index (Phi) is 51.8. The van der Waals surface area contributed by atoms with Gasteiger partial charge in [-0.3, -0.25) is 14.2 Å². The molecule has 0 saturated carbocycles. The van der Waals surface area contributed by atoms with Crippen LogP contribution in [-0.2, 0) is 32.7 Å². The van der Waals surface area contributed by atoms with Crippen LogP contribution in [0.25, 0.3) is 0 Å². The van der Waals surface area contributed by atoms with Gasteiger partial charge in [0.25, 0.3) is 7.82 Å². The molecule has 0 N–H and O–H groups in total. The first-order valence-electron chi connectivity index (χ1n) is 30.0. The number of hydrogen-bond acceptors (Lipinski definition) is 8. The number of allylic oxidation sites excluding steroid dienone is 10. The van der Waals surface area contributed by atoms with Gasteiger partial charge in [0.2, 0.25) is 0 Å². The van der Waals surface area contributed by atoms with E-state index < -0.39 is 26.5 Å². The molecule has 0 amide bonds. The van der Waals surface area contributed by atoms with Crippen LogP contribution in [0.4, 0.5) is 0 Å². The van der Waals surface area contributed by atoms with E-state index in [1.54, 1.807) is 0 Å². The van der Waals surface area contributed by atoms with Crippen molar-refractivity contribution in [3.63, 3.8) is 0 Å². The van der Waals surface area contributed by atoms with Crippen LogP contribution in [0.1, 0.15) is 271 Å². The van der Waals surface area contributed by atoms with Gasteiger partial charge < -0.3 is 27.9 Å². The number of rotatable bonds is 55. The molecule has 9 nitrogen and oxygen atoms in total. The third-order valence-corrected chi connectivity index (χ3v) is 14.0. The minimum atomic E-state index is -4.64. The molecule has 72 heavy (non-hydrogen) atoms. The standard InChI is InChI=1S/C62H114NO8P/c1-6-8-10-12-14-16-18-20-22-24-26-28-30-31-33-35-37-39-41-43-45-47-49-51-53-55-62(65)71-60(59-70-72(66,67)69-57-56-63(3,4)5)58-68-61(64)54-52-50-48-46-44-42-40-38-36-34-32-29-27-25-23-21-19-17-15-13-11-9-7-2/h18-21,24-27,30-31,60H,6-17,22-23,28-29,32-59H2,1-5H3/b20-18-,21-19-,26-24-,27-25-,31-30-. The maximum absolute atomic E-state index is 12.8. The molecule has 0 fully saturated rings. The Morgan fingerprint density at radius 1 is 0.431 bits per heavy atom. The number of carbonyl (C=O) groups is 2. The predicted octanol–water partition coefficient (Wildman–Crippen LogP) is 18.1. The van der Waals surface area contributed by atoms with Gasteiger partial charge in [-0.05, 0) is 83.5 Å². The van der Waals surface area contributed by atoms with Crippen molar-refractivity contribution in [1.29, 1.82) is 0 Å². The van der Waals surface area contributed by atoms with E-state index in [1.807, 2.05) is 21.1 Å². The number of nitrogens with zero attached hydrogens (tertiary/aromatic N) is 1. The number of phosphoric acid groups is 1. The lowest BCUT2D eigenvalue weighted by Gasteiger charge is -2.28. The number of esters is 2. The number of hydrogen-bond donors (Lipinski definition) is 0. The van der Waals surface area contributed by atoms with Gasteiger partial charge in [-0.25, -0.2) is 0 Å². The molecule has 0 radical (unpaired) electrons. The Hall–Kier alpha value is -2.29. The third kappa shape index (κ3) is 57.0. The molecule has 10 heteroatoms. The smallest absolute Gasteiger partial charge is 0.306 e. The minimum absolute atomic E-state index is 0.0333. The molecule has 420 valence electrons. The number of quaternary nitrogens is 1. The fourth-order valence-corrected chi connectivity index (χ4v) is 9.07. The number of ether oxygens (including phenoxy) is 2. The van der Waals surface area contributed by atoms with Gasteiger partial charge in [-0.1, -0.05) is 235 Å². The number of carbonyl (C=O) groups excluding carboxylic acids is 2. The second-order valence-electron chi connectivity index (χ2n) is 21.4. The maximum Gasteiger partial charge on any atom is 0.306 e. The molecular formula is C62H114NO8P. The number of unbranched alkanes of at least 4 members (excludes halogenated alkanes) is 31. The van der Waals surface area contributed by atoms with Crippen molar-refractivity contribution in [1.82, 2.24) is 0 Å². The van der Waals surface area contributed by atoms with Crippen LogP contribution in [0.2, 0.25) is 0 Å². The van der Waals surface area contributed by atoms with E-state index in [0.717, 1.165) is 64.2 Å². The summed E-state index contributed by atoms with van der Waals surface area (Å²) in [5.41, 5.74) is 0. The average Bonchev–Trinajstić information content (AvgIpc) is 3.34. The predicted molar refractivity (Wildman–Crippen MR) is 305 cm³/mol. The Morgan fingerprint density at radius 2 is 0.750 bits per heavy atom. The zero-order valence-electron chi connectivity index (χ0n) is 47.6. The summed E-state index contributed by atoms with van der Waals surface area (Å²) >= 11 is 0. The normalized spacial score (nSPS) is 13.7. The van der Waals surface area contributed by atoms with Crippen LogP contribution in [0.15, 0.2) is 60.8 Å². The van der Waals surface area contributed by atoms with Gasteiger partial charge >= 0.3 is 11.9 Å². The molecule has 0 aliphatic heterocycles. The molecule has 2 atom stereocenters. The SMILES string of the molecule is CCCCCCC/C=C\C/C=C\C/C=C\CCCCCCCCCCCCC(=O)OC(COC(=O)CCCCCCCCCCCCC/C=C\C/C=C\CCCCCCC)COP(=O)([O-])OCC[N+](C)(C)C. The van der Waals surface area contributed by atoms with Gasteiger partial charge in [0, 0.05) is 12.8 Å². The maximum atomic E-state index is 12.8. The van der Waals surface area contributed by atoms with Crippen LogP contribution < -0.4 is 4.89 Å². The topological polar surface area (TPSA) is 111 Å². The fourth-order valence-electron chi connectivity index (χ4n) is 8.34. The summed E-state index contributed by atoms with van der Waals surface area (Å²) in [6.07, 6.45) is 68.3. The first kappa shape index (κ1) is 69.7. The van der Waals surface area contributed by atoms with Crippen molar-refractivity contribution >= 4 is 19.8 Å². The lowest BCUT2D eigenvalue weighted by Crippen LogP contribution is -2.37. The van der Waals surface area contributed by atoms with Gasteiger partial charge in [0.1, 0.15) is 19.8 Å². The quantitative estimate of drug-likeness (QED) is 0.0195. The molecule has 0 aromatic heterocycles. The van der Waals surface area contributed by atoms with Gasteiger partial charge in [0.05, 0.1) is 27.7 Å². The van der Waals surface area contributed by atoms with Crippen LogP contribution in [0, 0.1) is 0 Å². The highest BCUT2D eigenvalue weighted by atomic mass is 31.2. The molecular weight excluding hydrogens is 918 g/mol. The largest absolute Gasteiger partial charge is 0.756 e. The van der Waals surface area contributed by atoms with Crippen LogP contribution in [0.3, 0.4) is 0 Å². The first-order chi connectivity index (χ1) is 35.0. The molecule has 0 bridgehead atoms. The van der Waals surface area contributed by atoms with E-state index in [-0.39, 0.29) is 32.0 Å². The lowest BCUT2D eigenvalue weighted by atomic mass is 10.0. The van der Waals surface area contributed by atoms with Crippen molar-refractivity contribution in [2.24, 2.45) is 0 Å². The van der Waals surface area contributed by atoms with E-state index in [4.69, 9.17) is 18.5 Å². The van der Waals surface area contributed by atoms with Gasteiger partial charge in [-0.15, -0.1) is 0 Å². The zero-order valence-corrected chi connectivity index (χ0v) is 48.5. The summed E-state index contributed by atoms with van der Waals surface area (Å²) in [5, 5.41) is 0. The average molecular weight is 1030 g/mol. The van der Waals surface area contributed by atoms with Crippen molar-refractivity contribution in [3.8, 4) is 0 Å². The van der Waals surface area contributed by atoms with Crippen LogP contribution >= 0.6 is 7.82 Å². The molecule has 0 aliphatic carbocycles. The first-order valence-corrected chi connectivity index (χ1v) is 31.5. The van der Waals surface area contributed by atoms with Gasteiger partial charge in [-0.2, -0.15) is 0 Å². The molecule has 0 saturated heterocycles. The summed E-state index contributed by atoms with van der Waals surface area (Å²) in [5.74, 6) is -0.834. The Balaban J connectivity index is 4.17. The highest BCUT2D eigenvalue weighted by Gasteiger charge is 2.22. The third-order valence-electron chi connectivity index (χ3n) is 13.0. The van der Waals surface area contributed by atoms with Crippen LogP contribution in [-0.4, -0.2) is 70.0 Å². The molecule has 0 spiro atoms. The summed E-state index contributed by atoms with van der Waals surface area (Å²) in [6.45, 7) is 4.24. The summed E-state index contributed by atoms with van der Waals surface area (Å²) in [4.78, 5) is 37.9. The van der Waals surface area contributed by atoms with Crippen molar-refractivity contribution in [3.05, 3.63) is 60.8 Å². The highest BCUT2D eigenvalue weighted by Crippen LogP contribution is 2.38. The second-order valence-corrected chi connectivity index (χ2v) is 22.8. The Bertz CT molecular complexity index is 1400. The number of likely N-dealkylation sites (N-methyl/N-ethyl adjacent to an activating group) is 1. The zero-order chi connectivity index (χ0) is 52.7. The van der Waals surface area contributed by atoms with E-state index in [1.165, 1.54) is 173 Å². The van der Waals surface area contributed by atoms with Crippen molar-refractivity contribution < 1.29 is 42.1 Å². The van der Waals surface area contributed by atoms with E-state index in [0.29, 0.717) is 17.4 Å². The molecule has 0 aromatic carbocycles. The Morgan fingerprint density at radius 3 is 1.11 bits per heavy atom. The molecule has 0 heterocycles. The summed E-state index contributed by atoms with van der Waals surface area (Å²) in [6, 6.07) is 0. The van der Waals surface area contributed by atoms with E-state index in [2.05, 4.69) is 74.6 Å². The second kappa shape index (κ2) is 53.5. The van der Waals surface area contributed by atoms with Crippen LogP contribution in [0.5, 0.6) is 0 Å². The molecule has 0 rings (SSSR count). The summed E-state index contributed by atoms with van der Waals surface area (Å²) < 4.78 is 34.2. The van der Waals surface area contributed by atoms with Crippen molar-refractivity contribution in [2.45, 2.75) is 277 Å². The van der Waals surface area contributed by atoms with Crippen molar-refractivity contribution in [2.75, 3.05) is 47.5 Å². The van der Waals surface area contributed by atoms with E-state index >= 15 is 0 Å². The molecule has 2 unspecified atom stereocenters. The minimum Gasteiger partial charge on any atom is -0.756 e. The Labute approximate surface area is 445 Å². The lowest BCUT2D eigenvalue weighted by molar-refractivity contribution is -0.870. The van der Waals surface area contributed by atoms with Gasteiger partial charge in [0.15, 0.2) is 6.10 Å². The highest BCUT2D eigenvalue weighted by molar-refractivity contribution is 7.45. The van der Waals surface area contributed by atoms with E-state index in [9.17, 15) is 19.0 Å². The number of phosphoric ester groups is 1. The summed E-state index contributed by atoms with van der Waals surface area (Å²) in [7, 11) is 1.16. The molecule has 0 aliphatic rings. The monoisotopic (exact) mass is 1030 g/mol. The molecule has 0 aromatic rings. The fraction of sp³-hybridized carbons (Fsp3) is 0.806.